The number of carbonyl (C=O) groups is 1. The molecule has 1 aromatic heterocycles. The molecule has 0 fully saturated rings. The summed E-state index contributed by atoms with van der Waals surface area (Å²) in [5.74, 6) is -0.323. The number of nitrogens with one attached hydrogen (secondary N) is 1. The summed E-state index contributed by atoms with van der Waals surface area (Å²) in [6, 6.07) is 19.1. The first-order chi connectivity index (χ1) is 15.2. The first kappa shape index (κ1) is 21.6. The lowest BCUT2D eigenvalue weighted by molar-refractivity contribution is -0.137. The number of halogens is 3. The topological polar surface area (TPSA) is 42.0 Å². The number of benzene rings is 3. The van der Waals surface area contributed by atoms with Crippen molar-refractivity contribution in [3.63, 3.8) is 0 Å². The normalized spacial score (nSPS) is 12.5. The van der Waals surface area contributed by atoms with Gasteiger partial charge in [0.1, 0.15) is 0 Å². The van der Waals surface area contributed by atoms with Crippen molar-refractivity contribution in [3.8, 4) is 0 Å². The zero-order valence-corrected chi connectivity index (χ0v) is 17.6. The van der Waals surface area contributed by atoms with Gasteiger partial charge in [0.25, 0.3) is 5.91 Å². The van der Waals surface area contributed by atoms with E-state index in [2.05, 4.69) is 10.3 Å². The van der Waals surface area contributed by atoms with Gasteiger partial charge in [-0.25, -0.2) is 0 Å². The third-order valence-electron chi connectivity index (χ3n) is 5.28. The maximum atomic E-state index is 13.1. The number of hydrogen-bond acceptors (Lipinski definition) is 2. The predicted octanol–water partition coefficient (Wildman–Crippen LogP) is 6.39. The molecule has 0 aliphatic heterocycles. The van der Waals surface area contributed by atoms with Crippen molar-refractivity contribution in [2.45, 2.75) is 26.1 Å². The Morgan fingerprint density at radius 1 is 0.875 bits per heavy atom. The standard InChI is InChI=1S/C26H21F3N2O/c1-16-11-17(2)13-21(12-16)25(32)31-24(18-7-9-22(10-8-18)26(27,28)29)23-14-19-5-3-4-6-20(19)15-30-23/h3-15,24H,1-2H3,(H,31,32). The van der Waals surface area contributed by atoms with E-state index in [-0.39, 0.29) is 5.91 Å². The fourth-order valence-corrected chi connectivity index (χ4v) is 3.77. The summed E-state index contributed by atoms with van der Waals surface area (Å²) in [5, 5.41) is 4.82. The molecule has 3 nitrogen and oxygen atoms in total. The van der Waals surface area contributed by atoms with Crippen LogP contribution in [0.25, 0.3) is 10.8 Å². The molecule has 1 unspecified atom stereocenters. The minimum Gasteiger partial charge on any atom is -0.340 e. The molecule has 6 heteroatoms. The Hall–Kier alpha value is -3.67. The van der Waals surface area contributed by atoms with Crippen LogP contribution in [-0.2, 0) is 6.18 Å². The van der Waals surface area contributed by atoms with Crippen LogP contribution in [0.3, 0.4) is 0 Å². The minimum atomic E-state index is -4.43. The van der Waals surface area contributed by atoms with Gasteiger partial charge in [0.05, 0.1) is 17.3 Å². The van der Waals surface area contributed by atoms with E-state index < -0.39 is 17.8 Å². The Labute approximate surface area is 183 Å². The lowest BCUT2D eigenvalue weighted by Crippen LogP contribution is -2.30. The number of aromatic nitrogens is 1. The molecule has 0 saturated heterocycles. The van der Waals surface area contributed by atoms with E-state index in [1.54, 1.807) is 18.3 Å². The van der Waals surface area contributed by atoms with Crippen LogP contribution in [0, 0.1) is 13.8 Å². The average Bonchev–Trinajstić information content (AvgIpc) is 2.76. The molecule has 0 radical (unpaired) electrons. The van der Waals surface area contributed by atoms with E-state index in [0.717, 1.165) is 34.0 Å². The van der Waals surface area contributed by atoms with Crippen molar-refractivity contribution in [1.82, 2.24) is 10.3 Å². The largest absolute Gasteiger partial charge is 0.416 e. The SMILES string of the molecule is Cc1cc(C)cc(C(=O)NC(c2ccc(C(F)(F)F)cc2)c2cc3ccccc3cn2)c1. The number of fused-ring (bicyclic) bond motifs is 1. The molecule has 1 amide bonds. The van der Waals surface area contributed by atoms with Crippen LogP contribution in [0.1, 0.15) is 44.3 Å². The van der Waals surface area contributed by atoms with Crippen molar-refractivity contribution in [3.05, 3.63) is 113 Å². The van der Waals surface area contributed by atoms with Gasteiger partial charge in [0.2, 0.25) is 0 Å². The summed E-state index contributed by atoms with van der Waals surface area (Å²) in [7, 11) is 0. The second-order valence-electron chi connectivity index (χ2n) is 7.86. The number of alkyl halides is 3. The average molecular weight is 434 g/mol. The molecule has 0 bridgehead atoms. The maximum Gasteiger partial charge on any atom is 0.416 e. The number of hydrogen-bond donors (Lipinski definition) is 1. The van der Waals surface area contributed by atoms with Gasteiger partial charge >= 0.3 is 6.18 Å². The Bertz CT molecular complexity index is 1260. The molecular formula is C26H21F3N2O. The Kier molecular flexibility index (Phi) is 5.70. The highest BCUT2D eigenvalue weighted by Gasteiger charge is 2.30. The Morgan fingerprint density at radius 2 is 1.50 bits per heavy atom. The van der Waals surface area contributed by atoms with E-state index in [9.17, 15) is 18.0 Å². The number of pyridine rings is 1. The molecule has 4 aromatic rings. The molecule has 1 atom stereocenters. The molecule has 0 aliphatic rings. The summed E-state index contributed by atoms with van der Waals surface area (Å²) in [6.45, 7) is 3.81. The van der Waals surface area contributed by atoms with E-state index in [1.807, 2.05) is 50.2 Å². The second-order valence-corrected chi connectivity index (χ2v) is 7.86. The monoisotopic (exact) mass is 434 g/mol. The van der Waals surface area contributed by atoms with Gasteiger partial charge < -0.3 is 5.32 Å². The van der Waals surface area contributed by atoms with Crippen LogP contribution < -0.4 is 5.32 Å². The quantitative estimate of drug-likeness (QED) is 0.404. The summed E-state index contributed by atoms with van der Waals surface area (Å²) in [6.07, 6.45) is -2.73. The highest BCUT2D eigenvalue weighted by atomic mass is 19.4. The Balaban J connectivity index is 1.75. The fourth-order valence-electron chi connectivity index (χ4n) is 3.77. The fraction of sp³-hybridized carbons (Fsp3) is 0.154. The van der Waals surface area contributed by atoms with Crippen LogP contribution in [-0.4, -0.2) is 10.9 Å². The number of carbonyl (C=O) groups excluding carboxylic acids is 1. The van der Waals surface area contributed by atoms with E-state index in [0.29, 0.717) is 16.8 Å². The van der Waals surface area contributed by atoms with Gasteiger partial charge in [-0.05, 0) is 55.1 Å². The van der Waals surface area contributed by atoms with Crippen LogP contribution in [0.4, 0.5) is 13.2 Å². The third kappa shape index (κ3) is 4.64. The summed E-state index contributed by atoms with van der Waals surface area (Å²) >= 11 is 0. The molecule has 4 rings (SSSR count). The van der Waals surface area contributed by atoms with E-state index in [1.165, 1.54) is 12.1 Å². The molecular weight excluding hydrogens is 413 g/mol. The van der Waals surface area contributed by atoms with Crippen LogP contribution in [0.2, 0.25) is 0 Å². The van der Waals surface area contributed by atoms with Gasteiger partial charge in [-0.3, -0.25) is 9.78 Å². The van der Waals surface area contributed by atoms with Gasteiger partial charge in [-0.15, -0.1) is 0 Å². The van der Waals surface area contributed by atoms with Gasteiger partial charge in [-0.1, -0.05) is 53.6 Å². The highest BCUT2D eigenvalue weighted by Crippen LogP contribution is 2.31. The zero-order chi connectivity index (χ0) is 22.9. The lowest BCUT2D eigenvalue weighted by atomic mass is 9.99. The first-order valence-electron chi connectivity index (χ1n) is 10.1. The number of nitrogens with zero attached hydrogens (tertiary/aromatic N) is 1. The molecule has 162 valence electrons. The minimum absolute atomic E-state index is 0.323. The van der Waals surface area contributed by atoms with Gasteiger partial charge in [0.15, 0.2) is 0 Å². The number of aryl methyl sites for hydroxylation is 2. The van der Waals surface area contributed by atoms with Crippen molar-refractivity contribution >= 4 is 16.7 Å². The number of rotatable bonds is 4. The molecule has 1 N–H and O–H groups in total. The van der Waals surface area contributed by atoms with Crippen LogP contribution in [0.5, 0.6) is 0 Å². The van der Waals surface area contributed by atoms with Crippen molar-refractivity contribution < 1.29 is 18.0 Å². The third-order valence-corrected chi connectivity index (χ3v) is 5.28. The van der Waals surface area contributed by atoms with Gasteiger partial charge in [0, 0.05) is 17.1 Å². The van der Waals surface area contributed by atoms with E-state index in [4.69, 9.17) is 0 Å². The molecule has 1 heterocycles. The Morgan fingerprint density at radius 3 is 2.12 bits per heavy atom. The van der Waals surface area contributed by atoms with Crippen molar-refractivity contribution in [2.75, 3.05) is 0 Å². The van der Waals surface area contributed by atoms with Crippen molar-refractivity contribution in [1.29, 1.82) is 0 Å². The van der Waals surface area contributed by atoms with Crippen LogP contribution in [0.15, 0.2) is 79.0 Å². The highest BCUT2D eigenvalue weighted by molar-refractivity contribution is 5.95. The molecule has 32 heavy (non-hydrogen) atoms. The molecule has 0 spiro atoms. The molecule has 0 aliphatic carbocycles. The molecule has 0 saturated carbocycles. The smallest absolute Gasteiger partial charge is 0.340 e. The zero-order valence-electron chi connectivity index (χ0n) is 17.6. The van der Waals surface area contributed by atoms with E-state index >= 15 is 0 Å². The summed E-state index contributed by atoms with van der Waals surface area (Å²) in [4.78, 5) is 17.6. The lowest BCUT2D eigenvalue weighted by Gasteiger charge is -2.20. The molecule has 3 aromatic carbocycles. The summed E-state index contributed by atoms with van der Waals surface area (Å²) in [5.41, 5.74) is 2.70. The van der Waals surface area contributed by atoms with Gasteiger partial charge in [-0.2, -0.15) is 13.2 Å². The van der Waals surface area contributed by atoms with Crippen LogP contribution >= 0.6 is 0 Å². The van der Waals surface area contributed by atoms with Crippen molar-refractivity contribution in [2.24, 2.45) is 0 Å². The number of amides is 1. The predicted molar refractivity (Wildman–Crippen MR) is 118 cm³/mol. The first-order valence-corrected chi connectivity index (χ1v) is 10.1. The summed E-state index contributed by atoms with van der Waals surface area (Å²) < 4.78 is 39.1. The second kappa shape index (κ2) is 8.46. The maximum absolute atomic E-state index is 13.1.